The van der Waals surface area contributed by atoms with Crippen molar-refractivity contribution < 1.29 is 17.6 Å². The molecule has 0 radical (unpaired) electrons. The molecule has 1 aliphatic heterocycles. The molecule has 1 saturated heterocycles. The fourth-order valence-electron chi connectivity index (χ4n) is 3.38. The van der Waals surface area contributed by atoms with E-state index in [4.69, 9.17) is 11.6 Å². The zero-order valence-electron chi connectivity index (χ0n) is 14.8. The Balaban J connectivity index is 1.68. The van der Waals surface area contributed by atoms with Gasteiger partial charge in [-0.1, -0.05) is 41.9 Å². The number of sulfone groups is 1. The number of hydrogen-bond acceptors (Lipinski definition) is 3. The first-order valence-corrected chi connectivity index (χ1v) is 10.9. The molecule has 1 aliphatic rings. The fraction of sp³-hybridized carbons (Fsp3) is 0.350. The summed E-state index contributed by atoms with van der Waals surface area (Å²) in [5, 5.41) is -0.294. The first kappa shape index (κ1) is 19.8. The smallest absolute Gasteiger partial charge is 0.222 e. The Morgan fingerprint density at radius 3 is 2.67 bits per heavy atom. The van der Waals surface area contributed by atoms with Crippen LogP contribution in [0, 0.1) is 5.82 Å². The number of hydrogen-bond donors (Lipinski definition) is 0. The molecule has 0 spiro atoms. The number of carbonyl (C=O) groups is 1. The second-order valence-electron chi connectivity index (χ2n) is 6.68. The Kier molecular flexibility index (Phi) is 6.17. The molecule has 27 heavy (non-hydrogen) atoms. The van der Waals surface area contributed by atoms with Crippen LogP contribution in [0.15, 0.2) is 48.5 Å². The summed E-state index contributed by atoms with van der Waals surface area (Å²) in [4.78, 5) is 14.1. The average molecular weight is 410 g/mol. The molecule has 1 amide bonds. The quantitative estimate of drug-likeness (QED) is 0.771. The van der Waals surface area contributed by atoms with Crippen molar-refractivity contribution in [1.82, 2.24) is 4.90 Å². The van der Waals surface area contributed by atoms with E-state index in [1.54, 1.807) is 17.0 Å². The largest absolute Gasteiger partial charge is 0.342 e. The van der Waals surface area contributed by atoms with E-state index in [0.717, 1.165) is 5.56 Å². The fourth-order valence-corrected chi connectivity index (χ4v) is 5.40. The number of halogens is 2. The number of amides is 1. The second kappa shape index (κ2) is 8.40. The lowest BCUT2D eigenvalue weighted by atomic mass is 10.1. The molecule has 1 atom stereocenters. The van der Waals surface area contributed by atoms with Crippen LogP contribution in [0.5, 0.6) is 0 Å². The highest BCUT2D eigenvalue weighted by molar-refractivity contribution is 7.91. The van der Waals surface area contributed by atoms with Crippen LogP contribution in [0.3, 0.4) is 0 Å². The SMILES string of the molecule is O=C(CCc1cccc(Cl)c1)N1CCC(c2ccccc2F)S(=O)(=O)CC1. The van der Waals surface area contributed by atoms with Crippen LogP contribution < -0.4 is 0 Å². The van der Waals surface area contributed by atoms with E-state index in [0.29, 0.717) is 18.0 Å². The summed E-state index contributed by atoms with van der Waals surface area (Å²) in [6.07, 6.45) is 1.02. The van der Waals surface area contributed by atoms with Gasteiger partial charge in [-0.15, -0.1) is 0 Å². The third kappa shape index (κ3) is 4.87. The summed E-state index contributed by atoms with van der Waals surface area (Å²) in [6.45, 7) is 0.439. The highest BCUT2D eigenvalue weighted by Gasteiger charge is 2.33. The molecule has 2 aromatic rings. The molecule has 1 heterocycles. The number of nitrogens with zero attached hydrogens (tertiary/aromatic N) is 1. The zero-order chi connectivity index (χ0) is 19.4. The van der Waals surface area contributed by atoms with Crippen molar-refractivity contribution in [2.24, 2.45) is 0 Å². The number of aryl methyl sites for hydroxylation is 1. The van der Waals surface area contributed by atoms with Crippen molar-refractivity contribution in [3.8, 4) is 0 Å². The monoisotopic (exact) mass is 409 g/mol. The molecular formula is C20H21ClFNO3S. The topological polar surface area (TPSA) is 54.5 Å². The highest BCUT2D eigenvalue weighted by atomic mass is 35.5. The van der Waals surface area contributed by atoms with Gasteiger partial charge in [0.25, 0.3) is 0 Å². The first-order valence-electron chi connectivity index (χ1n) is 8.85. The van der Waals surface area contributed by atoms with Gasteiger partial charge in [-0.2, -0.15) is 0 Å². The van der Waals surface area contributed by atoms with Crippen LogP contribution >= 0.6 is 11.6 Å². The molecule has 0 aromatic heterocycles. The van der Waals surface area contributed by atoms with Gasteiger partial charge in [-0.25, -0.2) is 12.8 Å². The van der Waals surface area contributed by atoms with E-state index in [9.17, 15) is 17.6 Å². The molecule has 0 bridgehead atoms. The minimum absolute atomic E-state index is 0.0978. The van der Waals surface area contributed by atoms with Crippen LogP contribution in [-0.4, -0.2) is 38.1 Å². The standard InChI is InChI=1S/C20H21ClFNO3S/c21-16-5-3-4-15(14-16)8-9-20(24)23-11-10-19(27(25,26)13-12-23)17-6-1-2-7-18(17)22/h1-7,14,19H,8-13H2. The Morgan fingerprint density at radius 1 is 1.15 bits per heavy atom. The van der Waals surface area contributed by atoms with E-state index in [-0.39, 0.29) is 36.6 Å². The molecule has 0 aliphatic carbocycles. The van der Waals surface area contributed by atoms with Crippen LogP contribution in [-0.2, 0) is 21.1 Å². The first-order chi connectivity index (χ1) is 12.9. The van der Waals surface area contributed by atoms with Crippen molar-refractivity contribution in [2.75, 3.05) is 18.8 Å². The summed E-state index contributed by atoms with van der Waals surface area (Å²) >= 11 is 5.96. The Bertz CT molecular complexity index is 932. The maximum Gasteiger partial charge on any atom is 0.222 e. The molecule has 0 saturated carbocycles. The average Bonchev–Trinajstić information content (AvgIpc) is 2.78. The van der Waals surface area contributed by atoms with Crippen molar-refractivity contribution in [3.05, 3.63) is 70.5 Å². The lowest BCUT2D eigenvalue weighted by Gasteiger charge is -2.20. The van der Waals surface area contributed by atoms with Crippen molar-refractivity contribution >= 4 is 27.3 Å². The molecule has 2 aromatic carbocycles. The van der Waals surface area contributed by atoms with Crippen molar-refractivity contribution in [1.29, 1.82) is 0 Å². The third-order valence-corrected chi connectivity index (χ3v) is 7.21. The van der Waals surface area contributed by atoms with E-state index in [1.165, 1.54) is 18.2 Å². The van der Waals surface area contributed by atoms with E-state index < -0.39 is 20.9 Å². The maximum atomic E-state index is 14.1. The van der Waals surface area contributed by atoms with Crippen molar-refractivity contribution in [3.63, 3.8) is 0 Å². The predicted octanol–water partition coefficient (Wildman–Crippen LogP) is 3.80. The molecule has 1 fully saturated rings. The summed E-state index contributed by atoms with van der Waals surface area (Å²) in [5.74, 6) is -0.777. The van der Waals surface area contributed by atoms with Gasteiger partial charge in [0.15, 0.2) is 9.84 Å². The third-order valence-electron chi connectivity index (χ3n) is 4.86. The molecular weight excluding hydrogens is 389 g/mol. The van der Waals surface area contributed by atoms with E-state index >= 15 is 0 Å². The van der Waals surface area contributed by atoms with E-state index in [2.05, 4.69) is 0 Å². The predicted molar refractivity (Wildman–Crippen MR) is 104 cm³/mol. The summed E-state index contributed by atoms with van der Waals surface area (Å²) in [6, 6.07) is 13.3. The molecule has 0 N–H and O–H groups in total. The molecule has 7 heteroatoms. The summed E-state index contributed by atoms with van der Waals surface area (Å²) < 4.78 is 39.3. The Labute approximate surface area is 163 Å². The lowest BCUT2D eigenvalue weighted by Crippen LogP contribution is -2.33. The normalized spacial score (nSPS) is 19.5. The van der Waals surface area contributed by atoms with Crippen LogP contribution in [0.1, 0.15) is 29.2 Å². The van der Waals surface area contributed by atoms with E-state index in [1.807, 2.05) is 18.2 Å². The van der Waals surface area contributed by atoms with Crippen LogP contribution in [0.25, 0.3) is 0 Å². The lowest BCUT2D eigenvalue weighted by molar-refractivity contribution is -0.130. The summed E-state index contributed by atoms with van der Waals surface area (Å²) in [5.41, 5.74) is 1.15. The van der Waals surface area contributed by atoms with Gasteiger partial charge >= 0.3 is 0 Å². The molecule has 3 rings (SSSR count). The van der Waals surface area contributed by atoms with Gasteiger partial charge in [0.05, 0.1) is 11.0 Å². The minimum atomic E-state index is -3.53. The number of carbonyl (C=O) groups excluding carboxylic acids is 1. The van der Waals surface area contributed by atoms with Crippen LogP contribution in [0.4, 0.5) is 4.39 Å². The number of benzene rings is 2. The molecule has 1 unspecified atom stereocenters. The van der Waals surface area contributed by atoms with Gasteiger partial charge in [0, 0.05) is 30.1 Å². The summed E-state index contributed by atoms with van der Waals surface area (Å²) in [7, 11) is -3.53. The Hall–Kier alpha value is -1.92. The zero-order valence-corrected chi connectivity index (χ0v) is 16.3. The molecule has 4 nitrogen and oxygen atoms in total. The van der Waals surface area contributed by atoms with Gasteiger partial charge < -0.3 is 4.90 Å². The van der Waals surface area contributed by atoms with Gasteiger partial charge in [-0.05, 0) is 36.6 Å². The Morgan fingerprint density at radius 2 is 1.93 bits per heavy atom. The highest BCUT2D eigenvalue weighted by Crippen LogP contribution is 2.31. The van der Waals surface area contributed by atoms with Gasteiger partial charge in [0.1, 0.15) is 5.82 Å². The number of rotatable bonds is 4. The minimum Gasteiger partial charge on any atom is -0.342 e. The second-order valence-corrected chi connectivity index (χ2v) is 9.42. The van der Waals surface area contributed by atoms with Gasteiger partial charge in [0.2, 0.25) is 5.91 Å². The van der Waals surface area contributed by atoms with Crippen LogP contribution in [0.2, 0.25) is 5.02 Å². The molecule has 144 valence electrons. The maximum absolute atomic E-state index is 14.1. The van der Waals surface area contributed by atoms with Crippen molar-refractivity contribution in [2.45, 2.75) is 24.5 Å². The van der Waals surface area contributed by atoms with Gasteiger partial charge in [-0.3, -0.25) is 4.79 Å².